The first-order valence-electron chi connectivity index (χ1n) is 8.34. The molecule has 0 bridgehead atoms. The van der Waals surface area contributed by atoms with Gasteiger partial charge >= 0.3 is 0 Å². The Morgan fingerprint density at radius 2 is 1.88 bits per heavy atom. The number of amides is 2. The van der Waals surface area contributed by atoms with Gasteiger partial charge in [0.2, 0.25) is 5.91 Å². The summed E-state index contributed by atoms with van der Waals surface area (Å²) >= 11 is 1.09. The standard InChI is InChI=1S/C19H22N2O2S/c20-16(9-3-4-11-21-18(22)13-24-19(21)23)12-15-8-5-7-14-6-1-2-10-17(14)15/h1-2,5-8,10,16H,3-4,9,11-13,20H2. The lowest BCUT2D eigenvalue weighted by Gasteiger charge is -2.15. The number of rotatable bonds is 7. The van der Waals surface area contributed by atoms with E-state index < -0.39 is 0 Å². The molecule has 2 aromatic carbocycles. The molecule has 1 saturated heterocycles. The molecule has 1 fully saturated rings. The molecule has 0 radical (unpaired) electrons. The Morgan fingerprint density at radius 1 is 1.08 bits per heavy atom. The molecule has 1 heterocycles. The van der Waals surface area contributed by atoms with Crippen molar-refractivity contribution in [1.29, 1.82) is 0 Å². The zero-order chi connectivity index (χ0) is 16.9. The number of carbonyl (C=O) groups excluding carboxylic acids is 2. The van der Waals surface area contributed by atoms with Crippen molar-refractivity contribution < 1.29 is 9.59 Å². The van der Waals surface area contributed by atoms with Crippen LogP contribution in [0, 0.1) is 0 Å². The number of benzene rings is 2. The van der Waals surface area contributed by atoms with Crippen molar-refractivity contribution in [3.05, 3.63) is 48.0 Å². The van der Waals surface area contributed by atoms with Crippen molar-refractivity contribution >= 4 is 33.7 Å². The molecule has 1 atom stereocenters. The molecular formula is C19H22N2O2S. The number of imide groups is 1. The zero-order valence-electron chi connectivity index (χ0n) is 13.6. The van der Waals surface area contributed by atoms with Crippen molar-refractivity contribution in [2.24, 2.45) is 5.73 Å². The summed E-state index contributed by atoms with van der Waals surface area (Å²) in [7, 11) is 0. The summed E-state index contributed by atoms with van der Waals surface area (Å²) < 4.78 is 0. The summed E-state index contributed by atoms with van der Waals surface area (Å²) in [6.45, 7) is 0.519. The van der Waals surface area contributed by atoms with Crippen LogP contribution < -0.4 is 5.73 Å². The summed E-state index contributed by atoms with van der Waals surface area (Å²) in [6.07, 6.45) is 3.49. The lowest BCUT2D eigenvalue weighted by atomic mass is 9.97. The Balaban J connectivity index is 1.48. The molecule has 5 heteroatoms. The van der Waals surface area contributed by atoms with E-state index in [9.17, 15) is 9.59 Å². The lowest BCUT2D eigenvalue weighted by molar-refractivity contribution is -0.124. The van der Waals surface area contributed by atoms with Crippen LogP contribution in [0.4, 0.5) is 4.79 Å². The van der Waals surface area contributed by atoms with E-state index in [1.807, 2.05) is 6.07 Å². The van der Waals surface area contributed by atoms with Crippen LogP contribution in [0.1, 0.15) is 24.8 Å². The van der Waals surface area contributed by atoms with Crippen molar-refractivity contribution in [3.8, 4) is 0 Å². The van der Waals surface area contributed by atoms with Crippen molar-refractivity contribution in [3.63, 3.8) is 0 Å². The van der Waals surface area contributed by atoms with Crippen LogP contribution >= 0.6 is 11.8 Å². The highest BCUT2D eigenvalue weighted by Crippen LogP contribution is 2.21. The van der Waals surface area contributed by atoms with Gasteiger partial charge in [0.15, 0.2) is 0 Å². The summed E-state index contributed by atoms with van der Waals surface area (Å²) in [4.78, 5) is 24.4. The molecule has 1 unspecified atom stereocenters. The van der Waals surface area contributed by atoms with E-state index in [0.29, 0.717) is 12.3 Å². The molecule has 126 valence electrons. The van der Waals surface area contributed by atoms with Crippen LogP contribution in [0.3, 0.4) is 0 Å². The molecule has 2 N–H and O–H groups in total. The van der Waals surface area contributed by atoms with Gasteiger partial charge in [0, 0.05) is 12.6 Å². The maximum Gasteiger partial charge on any atom is 0.288 e. The van der Waals surface area contributed by atoms with E-state index in [2.05, 4.69) is 36.4 Å². The second kappa shape index (κ2) is 7.81. The van der Waals surface area contributed by atoms with Gasteiger partial charge < -0.3 is 5.73 Å². The van der Waals surface area contributed by atoms with Crippen LogP contribution in [0.5, 0.6) is 0 Å². The zero-order valence-corrected chi connectivity index (χ0v) is 14.4. The van der Waals surface area contributed by atoms with Gasteiger partial charge in [-0.05, 0) is 35.6 Å². The van der Waals surface area contributed by atoms with Crippen LogP contribution in [-0.2, 0) is 11.2 Å². The van der Waals surface area contributed by atoms with Gasteiger partial charge in [-0.3, -0.25) is 14.5 Å². The molecule has 0 saturated carbocycles. The normalized spacial score (nSPS) is 16.1. The monoisotopic (exact) mass is 342 g/mol. The first-order valence-corrected chi connectivity index (χ1v) is 9.33. The highest BCUT2D eigenvalue weighted by atomic mass is 32.2. The Labute approximate surface area is 146 Å². The number of carbonyl (C=O) groups is 2. The molecule has 2 amide bonds. The fraction of sp³-hybridized carbons (Fsp3) is 0.368. The Morgan fingerprint density at radius 3 is 2.67 bits per heavy atom. The highest BCUT2D eigenvalue weighted by molar-refractivity contribution is 8.14. The summed E-state index contributed by atoms with van der Waals surface area (Å²) in [5.74, 6) is 0.226. The van der Waals surface area contributed by atoms with Gasteiger partial charge in [-0.15, -0.1) is 0 Å². The minimum absolute atomic E-state index is 0.0648. The largest absolute Gasteiger partial charge is 0.327 e. The predicted molar refractivity (Wildman–Crippen MR) is 99.0 cm³/mol. The summed E-state index contributed by atoms with van der Waals surface area (Å²) in [6, 6.07) is 14.8. The predicted octanol–water partition coefficient (Wildman–Crippen LogP) is 3.58. The highest BCUT2D eigenvalue weighted by Gasteiger charge is 2.28. The number of nitrogens with zero attached hydrogens (tertiary/aromatic N) is 1. The molecular weight excluding hydrogens is 320 g/mol. The Hall–Kier alpha value is -1.85. The molecule has 24 heavy (non-hydrogen) atoms. The maximum atomic E-state index is 11.5. The van der Waals surface area contributed by atoms with E-state index in [1.54, 1.807) is 0 Å². The van der Waals surface area contributed by atoms with Gasteiger partial charge in [0.05, 0.1) is 5.75 Å². The van der Waals surface area contributed by atoms with Crippen molar-refractivity contribution in [2.45, 2.75) is 31.7 Å². The summed E-state index contributed by atoms with van der Waals surface area (Å²) in [5, 5.41) is 2.39. The van der Waals surface area contributed by atoms with Crippen LogP contribution in [0.2, 0.25) is 0 Å². The molecule has 0 spiro atoms. The van der Waals surface area contributed by atoms with E-state index in [1.165, 1.54) is 21.2 Å². The van der Waals surface area contributed by atoms with E-state index in [4.69, 9.17) is 5.73 Å². The van der Waals surface area contributed by atoms with Gasteiger partial charge in [0.1, 0.15) is 0 Å². The molecule has 0 aromatic heterocycles. The Bertz CT molecular complexity index is 726. The third-order valence-corrected chi connectivity index (χ3v) is 5.27. The van der Waals surface area contributed by atoms with Crippen LogP contribution in [-0.4, -0.2) is 34.4 Å². The number of nitrogens with two attached hydrogens (primary N) is 1. The smallest absolute Gasteiger partial charge is 0.288 e. The molecule has 1 aliphatic heterocycles. The minimum Gasteiger partial charge on any atom is -0.327 e. The topological polar surface area (TPSA) is 63.4 Å². The van der Waals surface area contributed by atoms with E-state index in [0.717, 1.165) is 37.4 Å². The van der Waals surface area contributed by atoms with E-state index in [-0.39, 0.29) is 17.2 Å². The molecule has 1 aliphatic rings. The average Bonchev–Trinajstić information content (AvgIpc) is 2.90. The number of hydrogen-bond acceptors (Lipinski definition) is 4. The second-order valence-corrected chi connectivity index (χ2v) is 7.12. The first-order chi connectivity index (χ1) is 11.6. The van der Waals surface area contributed by atoms with Gasteiger partial charge in [-0.2, -0.15) is 0 Å². The number of thioether (sulfide) groups is 1. The first kappa shape index (κ1) is 17.0. The Kier molecular flexibility index (Phi) is 5.53. The third-order valence-electron chi connectivity index (χ3n) is 4.41. The van der Waals surface area contributed by atoms with Gasteiger partial charge in [-0.1, -0.05) is 60.6 Å². The maximum absolute atomic E-state index is 11.5. The van der Waals surface area contributed by atoms with Crippen LogP contribution in [0.15, 0.2) is 42.5 Å². The van der Waals surface area contributed by atoms with Crippen molar-refractivity contribution in [2.75, 3.05) is 12.3 Å². The number of hydrogen-bond donors (Lipinski definition) is 1. The average molecular weight is 342 g/mol. The molecule has 2 aromatic rings. The molecule has 3 rings (SSSR count). The summed E-state index contributed by atoms with van der Waals surface area (Å²) in [5.41, 5.74) is 7.57. The molecule has 0 aliphatic carbocycles. The van der Waals surface area contributed by atoms with Gasteiger partial charge in [0.25, 0.3) is 5.24 Å². The third kappa shape index (κ3) is 3.97. The van der Waals surface area contributed by atoms with Gasteiger partial charge in [-0.25, -0.2) is 0 Å². The van der Waals surface area contributed by atoms with Crippen molar-refractivity contribution in [1.82, 2.24) is 4.90 Å². The molecule has 4 nitrogen and oxygen atoms in total. The fourth-order valence-electron chi connectivity index (χ4n) is 3.13. The minimum atomic E-state index is -0.111. The second-order valence-electron chi connectivity index (χ2n) is 6.20. The SMILES string of the molecule is NC(CCCCN1C(=O)CSC1=O)Cc1cccc2ccccc12. The van der Waals surface area contributed by atoms with Crippen LogP contribution in [0.25, 0.3) is 10.8 Å². The lowest BCUT2D eigenvalue weighted by Crippen LogP contribution is -2.30. The van der Waals surface area contributed by atoms with E-state index >= 15 is 0 Å². The number of fused-ring (bicyclic) bond motifs is 1. The fourth-order valence-corrected chi connectivity index (χ4v) is 3.88. The number of unbranched alkanes of at least 4 members (excludes halogenated alkanes) is 1. The quantitative estimate of drug-likeness (QED) is 0.781.